The summed E-state index contributed by atoms with van der Waals surface area (Å²) in [6.07, 6.45) is 0.807. The van der Waals surface area contributed by atoms with E-state index in [0.29, 0.717) is 12.1 Å². The Morgan fingerprint density at radius 1 is 1.47 bits per heavy atom. The van der Waals surface area contributed by atoms with Gasteiger partial charge in [0.15, 0.2) is 0 Å². The van der Waals surface area contributed by atoms with Gasteiger partial charge >= 0.3 is 0 Å². The van der Waals surface area contributed by atoms with E-state index in [2.05, 4.69) is 42.0 Å². The molecule has 0 saturated heterocycles. The zero-order valence-electron chi connectivity index (χ0n) is 11.3. The molecule has 0 spiro atoms. The quantitative estimate of drug-likeness (QED) is 0.803. The fraction of sp³-hybridized carbons (Fsp3) is 0.500. The summed E-state index contributed by atoms with van der Waals surface area (Å²) in [5.41, 5.74) is 0.531. The lowest BCUT2D eigenvalue weighted by Crippen LogP contribution is -2.31. The van der Waals surface area contributed by atoms with E-state index >= 15 is 0 Å². The lowest BCUT2D eigenvalue weighted by molar-refractivity contribution is 0.0952. The lowest BCUT2D eigenvalue weighted by Gasteiger charge is -2.22. The van der Waals surface area contributed by atoms with Crippen molar-refractivity contribution in [3.05, 3.63) is 34.1 Å². The summed E-state index contributed by atoms with van der Waals surface area (Å²) in [6, 6.07) is 4.16. The molecule has 0 aliphatic rings. The molecule has 0 bridgehead atoms. The first kappa shape index (κ1) is 16.4. The number of halogens is 3. The molecule has 1 atom stereocenters. The number of nitrogens with one attached hydrogen (secondary N) is 1. The average Bonchev–Trinajstić information content (AvgIpc) is 2.27. The molecule has 1 N–H and O–H groups in total. The molecule has 0 heterocycles. The maximum atomic E-state index is 13.1. The highest BCUT2D eigenvalue weighted by molar-refractivity contribution is 9.10. The minimum Gasteiger partial charge on any atom is -0.351 e. The second-order valence-corrected chi connectivity index (χ2v) is 7.17. The number of carbonyl (C=O) groups is 1. The minimum absolute atomic E-state index is 0.118. The molecule has 1 rings (SSSR count). The number of hydrogen-bond donors (Lipinski definition) is 1. The first-order valence-corrected chi connectivity index (χ1v) is 7.29. The van der Waals surface area contributed by atoms with Crippen molar-refractivity contribution in [2.75, 3.05) is 6.54 Å². The monoisotopic (exact) mass is 349 g/mol. The highest BCUT2D eigenvalue weighted by Gasteiger charge is 2.17. The van der Waals surface area contributed by atoms with Crippen LogP contribution >= 0.6 is 27.5 Å². The molecule has 1 aromatic rings. The highest BCUT2D eigenvalue weighted by atomic mass is 79.9. The van der Waals surface area contributed by atoms with Gasteiger partial charge in [-0.2, -0.15) is 0 Å². The van der Waals surface area contributed by atoms with Gasteiger partial charge in [-0.25, -0.2) is 4.39 Å². The Morgan fingerprint density at radius 3 is 2.63 bits per heavy atom. The van der Waals surface area contributed by atoms with Crippen LogP contribution in [0.3, 0.4) is 0 Å². The molecule has 106 valence electrons. The van der Waals surface area contributed by atoms with Gasteiger partial charge in [0.1, 0.15) is 5.82 Å². The molecule has 2 nitrogen and oxygen atoms in total. The molecule has 0 radical (unpaired) electrons. The third-order valence-electron chi connectivity index (χ3n) is 2.50. The number of benzene rings is 1. The zero-order valence-corrected chi connectivity index (χ0v) is 13.6. The van der Waals surface area contributed by atoms with Crippen LogP contribution in [0.25, 0.3) is 0 Å². The Labute approximate surface area is 126 Å². The van der Waals surface area contributed by atoms with Gasteiger partial charge in [-0.05, 0) is 46.0 Å². The fourth-order valence-electron chi connectivity index (χ4n) is 1.68. The minimum atomic E-state index is -0.389. The summed E-state index contributed by atoms with van der Waals surface area (Å²) in [4.78, 5) is 11.9. The molecule has 0 saturated carbocycles. The molecule has 1 unspecified atom stereocenters. The summed E-state index contributed by atoms with van der Waals surface area (Å²) in [7, 11) is 0. The highest BCUT2D eigenvalue weighted by Crippen LogP contribution is 2.23. The predicted molar refractivity (Wildman–Crippen MR) is 80.1 cm³/mol. The SMILES string of the molecule is CC(C)(C)CC(Cl)CNC(=O)c1ccc(F)c(Br)c1. The standard InChI is InChI=1S/C14H18BrClFNO/c1-14(2,3)7-10(16)8-18-13(19)9-4-5-12(17)11(15)6-9/h4-6,10H,7-8H2,1-3H3,(H,18,19). The van der Waals surface area contributed by atoms with Crippen molar-refractivity contribution < 1.29 is 9.18 Å². The van der Waals surface area contributed by atoms with Crippen LogP contribution in [0.15, 0.2) is 22.7 Å². The molecule has 1 aromatic carbocycles. The van der Waals surface area contributed by atoms with E-state index in [1.165, 1.54) is 18.2 Å². The van der Waals surface area contributed by atoms with Crippen molar-refractivity contribution >= 4 is 33.4 Å². The van der Waals surface area contributed by atoms with Crippen LogP contribution in [0.4, 0.5) is 4.39 Å². The second kappa shape index (κ2) is 6.71. The number of rotatable bonds is 4. The van der Waals surface area contributed by atoms with Gasteiger partial charge in [0.25, 0.3) is 5.91 Å². The van der Waals surface area contributed by atoms with E-state index in [0.717, 1.165) is 6.42 Å². The Morgan fingerprint density at radius 2 is 2.11 bits per heavy atom. The lowest BCUT2D eigenvalue weighted by atomic mass is 9.90. The topological polar surface area (TPSA) is 29.1 Å². The molecule has 5 heteroatoms. The van der Waals surface area contributed by atoms with Gasteiger partial charge in [0, 0.05) is 12.1 Å². The molecular formula is C14H18BrClFNO. The molecule has 0 aliphatic heterocycles. The Hall–Kier alpha value is -0.610. The van der Waals surface area contributed by atoms with E-state index < -0.39 is 0 Å². The largest absolute Gasteiger partial charge is 0.351 e. The molecule has 0 aromatic heterocycles. The third kappa shape index (κ3) is 5.91. The maximum Gasteiger partial charge on any atom is 0.251 e. The van der Waals surface area contributed by atoms with Gasteiger partial charge in [0.2, 0.25) is 0 Å². The second-order valence-electron chi connectivity index (χ2n) is 5.70. The number of alkyl halides is 1. The molecular weight excluding hydrogens is 333 g/mol. The van der Waals surface area contributed by atoms with Crippen LogP contribution in [0.5, 0.6) is 0 Å². The van der Waals surface area contributed by atoms with Gasteiger partial charge in [-0.15, -0.1) is 11.6 Å². The Kier molecular flexibility index (Phi) is 5.81. The maximum absolute atomic E-state index is 13.1. The summed E-state index contributed by atoms with van der Waals surface area (Å²) in [5.74, 6) is -0.639. The molecule has 0 aliphatic carbocycles. The van der Waals surface area contributed by atoms with Crippen molar-refractivity contribution in [1.82, 2.24) is 5.32 Å². The predicted octanol–water partition coefficient (Wildman–Crippen LogP) is 4.36. The molecule has 1 amide bonds. The van der Waals surface area contributed by atoms with Crippen LogP contribution in [0.2, 0.25) is 0 Å². The van der Waals surface area contributed by atoms with Crippen LogP contribution in [0.1, 0.15) is 37.6 Å². The van der Waals surface area contributed by atoms with Gasteiger partial charge < -0.3 is 5.32 Å². The summed E-state index contributed by atoms with van der Waals surface area (Å²) < 4.78 is 13.3. The number of carbonyl (C=O) groups excluding carboxylic acids is 1. The zero-order chi connectivity index (χ0) is 14.6. The first-order chi connectivity index (χ1) is 8.69. The van der Waals surface area contributed by atoms with Crippen LogP contribution in [-0.2, 0) is 0 Å². The summed E-state index contributed by atoms with van der Waals surface area (Å²) in [5, 5.41) is 2.64. The van der Waals surface area contributed by atoms with Crippen molar-refractivity contribution in [3.8, 4) is 0 Å². The Balaban J connectivity index is 2.53. The fourth-order valence-corrected chi connectivity index (χ4v) is 2.60. The van der Waals surface area contributed by atoms with E-state index in [-0.39, 0.29) is 27.0 Å². The average molecular weight is 351 g/mol. The van der Waals surface area contributed by atoms with Gasteiger partial charge in [-0.1, -0.05) is 20.8 Å². The van der Waals surface area contributed by atoms with Crippen molar-refractivity contribution in [1.29, 1.82) is 0 Å². The van der Waals surface area contributed by atoms with Crippen LogP contribution in [0, 0.1) is 11.2 Å². The van der Waals surface area contributed by atoms with Gasteiger partial charge in [-0.3, -0.25) is 4.79 Å². The third-order valence-corrected chi connectivity index (χ3v) is 3.42. The van der Waals surface area contributed by atoms with Crippen molar-refractivity contribution in [2.45, 2.75) is 32.6 Å². The number of hydrogen-bond acceptors (Lipinski definition) is 1. The van der Waals surface area contributed by atoms with E-state index in [4.69, 9.17) is 11.6 Å². The molecule has 0 fully saturated rings. The Bertz CT molecular complexity index is 459. The van der Waals surface area contributed by atoms with Crippen LogP contribution < -0.4 is 5.32 Å². The smallest absolute Gasteiger partial charge is 0.251 e. The first-order valence-electron chi connectivity index (χ1n) is 6.06. The van der Waals surface area contributed by atoms with Gasteiger partial charge in [0.05, 0.1) is 9.85 Å². The molecule has 19 heavy (non-hydrogen) atoms. The van der Waals surface area contributed by atoms with E-state index in [9.17, 15) is 9.18 Å². The summed E-state index contributed by atoms with van der Waals surface area (Å²) >= 11 is 9.22. The van der Waals surface area contributed by atoms with E-state index in [1.54, 1.807) is 0 Å². The number of amides is 1. The summed E-state index contributed by atoms with van der Waals surface area (Å²) in [6.45, 7) is 6.69. The van der Waals surface area contributed by atoms with Crippen molar-refractivity contribution in [2.24, 2.45) is 5.41 Å². The normalized spacial score (nSPS) is 13.2. The van der Waals surface area contributed by atoms with Crippen LogP contribution in [-0.4, -0.2) is 17.8 Å². The van der Waals surface area contributed by atoms with Crippen molar-refractivity contribution in [3.63, 3.8) is 0 Å². The van der Waals surface area contributed by atoms with E-state index in [1.807, 2.05) is 0 Å².